The quantitative estimate of drug-likeness (QED) is 0.573. The predicted molar refractivity (Wildman–Crippen MR) is 102 cm³/mol. The van der Waals surface area contributed by atoms with Crippen LogP contribution in [0.3, 0.4) is 0 Å². The lowest BCUT2D eigenvalue weighted by molar-refractivity contribution is -0.121. The molecule has 0 aliphatic heterocycles. The van der Waals surface area contributed by atoms with E-state index >= 15 is 0 Å². The van der Waals surface area contributed by atoms with Gasteiger partial charge in [-0.3, -0.25) is 14.3 Å². The number of aromatic nitrogens is 3. The van der Waals surface area contributed by atoms with E-state index in [9.17, 15) is 14.0 Å². The molecule has 2 N–H and O–H groups in total. The van der Waals surface area contributed by atoms with Crippen LogP contribution in [0.15, 0.2) is 35.3 Å². The van der Waals surface area contributed by atoms with Crippen LogP contribution < -0.4 is 15.7 Å². The number of imidazole rings is 1. The number of hydrogen-bond acceptors (Lipinski definition) is 5. The molecular formula is C19H21FN4O4. The molecule has 3 aromatic rings. The molecule has 0 aliphatic carbocycles. The highest BCUT2D eigenvalue weighted by Crippen LogP contribution is 2.31. The fourth-order valence-corrected chi connectivity index (χ4v) is 2.84. The maximum Gasteiger partial charge on any atom is 0.328 e. The highest BCUT2D eigenvalue weighted by atomic mass is 19.1. The average molecular weight is 388 g/mol. The molecule has 1 amide bonds. The van der Waals surface area contributed by atoms with E-state index in [0.29, 0.717) is 47.8 Å². The fraction of sp³-hybridized carbons (Fsp3) is 0.316. The number of halogens is 1. The smallest absolute Gasteiger partial charge is 0.328 e. The fourth-order valence-electron chi connectivity index (χ4n) is 2.84. The minimum absolute atomic E-state index is 0.171. The summed E-state index contributed by atoms with van der Waals surface area (Å²) >= 11 is 0. The molecular weight excluding hydrogens is 367 g/mol. The van der Waals surface area contributed by atoms with Crippen LogP contribution in [0.2, 0.25) is 0 Å². The molecule has 28 heavy (non-hydrogen) atoms. The van der Waals surface area contributed by atoms with E-state index in [1.54, 1.807) is 12.1 Å². The van der Waals surface area contributed by atoms with Crippen LogP contribution in [0.4, 0.5) is 4.39 Å². The summed E-state index contributed by atoms with van der Waals surface area (Å²) in [5.74, 6) is -0.236. The summed E-state index contributed by atoms with van der Waals surface area (Å²) in [4.78, 5) is 31.2. The summed E-state index contributed by atoms with van der Waals surface area (Å²) in [6, 6.07) is 5.89. The number of carbonyl (C=O) groups excluding carboxylic acids is 1. The first kappa shape index (κ1) is 19.6. The number of fused-ring (bicyclic) bond motifs is 1. The van der Waals surface area contributed by atoms with Crippen molar-refractivity contribution in [2.24, 2.45) is 0 Å². The van der Waals surface area contributed by atoms with Crippen molar-refractivity contribution in [3.8, 4) is 16.9 Å². The highest BCUT2D eigenvalue weighted by molar-refractivity contribution is 5.83. The van der Waals surface area contributed by atoms with Gasteiger partial charge in [0, 0.05) is 31.0 Å². The third-order valence-electron chi connectivity index (χ3n) is 4.11. The Balaban J connectivity index is 1.99. The molecule has 148 valence electrons. The normalized spacial score (nSPS) is 11.0. The molecule has 2 heterocycles. The van der Waals surface area contributed by atoms with E-state index in [0.717, 1.165) is 0 Å². The minimum Gasteiger partial charge on any atom is -0.493 e. The van der Waals surface area contributed by atoms with Crippen LogP contribution in [0, 0.1) is 5.82 Å². The minimum atomic E-state index is -0.453. The number of nitrogens with one attached hydrogen (secondary N) is 2. The van der Waals surface area contributed by atoms with Gasteiger partial charge in [-0.15, -0.1) is 0 Å². The maximum atomic E-state index is 13.8. The Bertz CT molecular complexity index is 1040. The van der Waals surface area contributed by atoms with E-state index < -0.39 is 11.5 Å². The number of hydrogen-bond donors (Lipinski definition) is 2. The number of H-pyrrole nitrogens is 1. The molecule has 0 unspecified atom stereocenters. The van der Waals surface area contributed by atoms with Gasteiger partial charge >= 0.3 is 5.69 Å². The molecule has 0 bridgehead atoms. The van der Waals surface area contributed by atoms with Gasteiger partial charge in [0.05, 0.1) is 18.7 Å². The Morgan fingerprint density at radius 2 is 2.18 bits per heavy atom. The number of ether oxygens (including phenoxy) is 2. The van der Waals surface area contributed by atoms with Crippen molar-refractivity contribution in [2.75, 3.05) is 26.9 Å². The van der Waals surface area contributed by atoms with Gasteiger partial charge in [0.15, 0.2) is 5.65 Å². The monoisotopic (exact) mass is 388 g/mol. The molecule has 3 rings (SSSR count). The maximum absolute atomic E-state index is 13.8. The van der Waals surface area contributed by atoms with Crippen molar-refractivity contribution >= 4 is 17.1 Å². The summed E-state index contributed by atoms with van der Waals surface area (Å²) in [7, 11) is 1.53. The summed E-state index contributed by atoms with van der Waals surface area (Å²) in [5, 5.41) is 2.67. The lowest BCUT2D eigenvalue weighted by atomic mass is 10.1. The Morgan fingerprint density at radius 1 is 1.36 bits per heavy atom. The first-order valence-electron chi connectivity index (χ1n) is 8.80. The largest absolute Gasteiger partial charge is 0.493 e. The Hall–Kier alpha value is -3.20. The predicted octanol–water partition coefficient (Wildman–Crippen LogP) is 1.69. The van der Waals surface area contributed by atoms with Gasteiger partial charge in [-0.1, -0.05) is 0 Å². The van der Waals surface area contributed by atoms with Gasteiger partial charge in [-0.05, 0) is 31.2 Å². The zero-order valence-corrected chi connectivity index (χ0v) is 15.6. The highest BCUT2D eigenvalue weighted by Gasteiger charge is 2.15. The third-order valence-corrected chi connectivity index (χ3v) is 4.11. The van der Waals surface area contributed by atoms with Crippen LogP contribution >= 0.6 is 0 Å². The summed E-state index contributed by atoms with van der Waals surface area (Å²) in [6.45, 7) is 2.80. The van der Waals surface area contributed by atoms with Crippen molar-refractivity contribution in [2.45, 2.75) is 13.5 Å². The second kappa shape index (κ2) is 8.66. The van der Waals surface area contributed by atoms with E-state index in [-0.39, 0.29) is 12.5 Å². The molecule has 0 saturated heterocycles. The second-order valence-corrected chi connectivity index (χ2v) is 6.02. The molecule has 8 nitrogen and oxygen atoms in total. The average Bonchev–Trinajstić information content (AvgIpc) is 2.98. The zero-order chi connectivity index (χ0) is 20.1. The molecule has 0 atom stereocenters. The lowest BCUT2D eigenvalue weighted by Crippen LogP contribution is -2.33. The number of aromatic amines is 1. The van der Waals surface area contributed by atoms with Gasteiger partial charge in [0.1, 0.15) is 18.1 Å². The van der Waals surface area contributed by atoms with E-state index in [2.05, 4.69) is 15.3 Å². The second-order valence-electron chi connectivity index (χ2n) is 6.02. The molecule has 2 aromatic heterocycles. The van der Waals surface area contributed by atoms with Crippen LogP contribution in [-0.4, -0.2) is 47.3 Å². The lowest BCUT2D eigenvalue weighted by Gasteiger charge is -2.11. The van der Waals surface area contributed by atoms with Gasteiger partial charge in [-0.2, -0.15) is 0 Å². The number of pyridine rings is 1. The summed E-state index contributed by atoms with van der Waals surface area (Å²) in [6.07, 6.45) is 1.53. The van der Waals surface area contributed by atoms with Crippen molar-refractivity contribution in [3.63, 3.8) is 0 Å². The zero-order valence-electron chi connectivity index (χ0n) is 15.6. The number of rotatable bonds is 8. The summed E-state index contributed by atoms with van der Waals surface area (Å²) < 4.78 is 25.5. The SMILES string of the molecule is CCOc1ccc(F)cc1-c1cnc2[nH]c(=O)n(CC(=O)NCCOC)c2c1. The number of carbonyl (C=O) groups is 1. The van der Waals surface area contributed by atoms with Gasteiger partial charge in [0.25, 0.3) is 0 Å². The van der Waals surface area contributed by atoms with Crippen LogP contribution in [0.5, 0.6) is 5.75 Å². The van der Waals surface area contributed by atoms with E-state index in [1.165, 1.54) is 30.0 Å². The Labute approximate surface area is 160 Å². The van der Waals surface area contributed by atoms with Gasteiger partial charge < -0.3 is 14.8 Å². The van der Waals surface area contributed by atoms with Gasteiger partial charge in [0.2, 0.25) is 5.91 Å². The first-order valence-corrected chi connectivity index (χ1v) is 8.80. The molecule has 0 saturated carbocycles. The molecule has 1 aromatic carbocycles. The van der Waals surface area contributed by atoms with E-state index in [4.69, 9.17) is 9.47 Å². The van der Waals surface area contributed by atoms with Crippen molar-refractivity contribution in [1.82, 2.24) is 19.9 Å². The van der Waals surface area contributed by atoms with Crippen molar-refractivity contribution < 1.29 is 18.7 Å². The molecule has 0 aliphatic rings. The number of benzene rings is 1. The Morgan fingerprint density at radius 3 is 2.93 bits per heavy atom. The standard InChI is InChI=1S/C19H21FN4O4/c1-3-28-16-5-4-13(20)9-14(16)12-8-15-18(22-10-12)23-19(26)24(15)11-17(25)21-6-7-27-2/h4-5,8-10H,3,6-7,11H2,1-2H3,(H,21,25)(H,22,23,26). The topological polar surface area (TPSA) is 98.2 Å². The molecule has 0 fully saturated rings. The number of amides is 1. The van der Waals surface area contributed by atoms with Gasteiger partial charge in [-0.25, -0.2) is 14.2 Å². The molecule has 0 radical (unpaired) electrons. The Kier molecular flexibility index (Phi) is 6.05. The molecule has 9 heteroatoms. The van der Waals surface area contributed by atoms with E-state index in [1.807, 2.05) is 6.92 Å². The third kappa shape index (κ3) is 4.20. The first-order chi connectivity index (χ1) is 13.5. The number of nitrogens with zero attached hydrogens (tertiary/aromatic N) is 2. The van der Waals surface area contributed by atoms with Crippen LogP contribution in [0.1, 0.15) is 6.92 Å². The summed E-state index contributed by atoms with van der Waals surface area (Å²) in [5.41, 5.74) is 1.42. The van der Waals surface area contributed by atoms with Crippen molar-refractivity contribution in [3.05, 3.63) is 46.8 Å². The van der Waals surface area contributed by atoms with Crippen LogP contribution in [-0.2, 0) is 16.1 Å². The molecule has 0 spiro atoms. The van der Waals surface area contributed by atoms with Crippen molar-refractivity contribution in [1.29, 1.82) is 0 Å². The number of methoxy groups -OCH3 is 1. The van der Waals surface area contributed by atoms with Crippen LogP contribution in [0.25, 0.3) is 22.3 Å².